The number of amides is 1. The van der Waals surface area contributed by atoms with Crippen LogP contribution < -0.4 is 5.32 Å². The quantitative estimate of drug-likeness (QED) is 0.878. The maximum Gasteiger partial charge on any atom is 0.217 e. The van der Waals surface area contributed by atoms with E-state index in [1.165, 1.54) is 6.92 Å². The molecule has 0 saturated carbocycles. The molecule has 0 saturated heterocycles. The molecule has 2 aromatic rings. The fourth-order valence-corrected chi connectivity index (χ4v) is 1.78. The molecule has 0 radical (unpaired) electrons. The van der Waals surface area contributed by atoms with Crippen LogP contribution in [0.1, 0.15) is 25.5 Å². The van der Waals surface area contributed by atoms with Gasteiger partial charge in [0.25, 0.3) is 0 Å². The lowest BCUT2D eigenvalue weighted by molar-refractivity contribution is -0.119. The van der Waals surface area contributed by atoms with Gasteiger partial charge in [0, 0.05) is 12.5 Å². The molecule has 0 spiro atoms. The van der Waals surface area contributed by atoms with Crippen LogP contribution in [0, 0.1) is 0 Å². The van der Waals surface area contributed by atoms with Gasteiger partial charge in [-0.2, -0.15) is 0 Å². The zero-order valence-corrected chi connectivity index (χ0v) is 9.94. The molecule has 0 unspecified atom stereocenters. The molecule has 0 fully saturated rings. The van der Waals surface area contributed by atoms with Crippen molar-refractivity contribution in [3.05, 3.63) is 48.4 Å². The maximum atomic E-state index is 11.0. The third kappa shape index (κ3) is 2.75. The Morgan fingerprint density at radius 2 is 1.88 bits per heavy atom. The SMILES string of the molecule is CC(=O)N[C@H](C)c1ccc(-c2ccoc2)cc1. The fourth-order valence-electron chi connectivity index (χ4n) is 1.78. The summed E-state index contributed by atoms with van der Waals surface area (Å²) in [7, 11) is 0. The van der Waals surface area contributed by atoms with Crippen LogP contribution in [0.5, 0.6) is 0 Å². The van der Waals surface area contributed by atoms with Crippen molar-refractivity contribution in [1.29, 1.82) is 0 Å². The first kappa shape index (κ1) is 11.5. The normalized spacial score (nSPS) is 12.1. The molecular formula is C14H15NO2. The van der Waals surface area contributed by atoms with Crippen molar-refractivity contribution in [2.75, 3.05) is 0 Å². The van der Waals surface area contributed by atoms with Gasteiger partial charge in [-0.25, -0.2) is 0 Å². The topological polar surface area (TPSA) is 42.2 Å². The summed E-state index contributed by atoms with van der Waals surface area (Å²) in [6.45, 7) is 3.49. The second-order valence-electron chi connectivity index (χ2n) is 4.06. The molecule has 88 valence electrons. The zero-order chi connectivity index (χ0) is 12.3. The average molecular weight is 229 g/mol. The van der Waals surface area contributed by atoms with E-state index < -0.39 is 0 Å². The van der Waals surface area contributed by atoms with Crippen LogP contribution in [0.3, 0.4) is 0 Å². The smallest absolute Gasteiger partial charge is 0.217 e. The minimum absolute atomic E-state index is 0.0172. The molecule has 1 aromatic heterocycles. The van der Waals surface area contributed by atoms with Gasteiger partial charge in [0.1, 0.15) is 0 Å². The van der Waals surface area contributed by atoms with Gasteiger partial charge in [-0.05, 0) is 24.1 Å². The van der Waals surface area contributed by atoms with Gasteiger partial charge in [0.05, 0.1) is 18.6 Å². The monoisotopic (exact) mass is 229 g/mol. The minimum Gasteiger partial charge on any atom is -0.472 e. The van der Waals surface area contributed by atoms with Gasteiger partial charge in [-0.3, -0.25) is 4.79 Å². The highest BCUT2D eigenvalue weighted by molar-refractivity contribution is 5.73. The van der Waals surface area contributed by atoms with Crippen molar-refractivity contribution in [2.45, 2.75) is 19.9 Å². The van der Waals surface area contributed by atoms with Crippen molar-refractivity contribution < 1.29 is 9.21 Å². The van der Waals surface area contributed by atoms with E-state index >= 15 is 0 Å². The molecule has 0 aliphatic rings. The summed E-state index contributed by atoms with van der Waals surface area (Å²) in [5.41, 5.74) is 3.26. The predicted molar refractivity (Wildman–Crippen MR) is 66.4 cm³/mol. The lowest BCUT2D eigenvalue weighted by Gasteiger charge is -2.13. The van der Waals surface area contributed by atoms with Gasteiger partial charge in [0.2, 0.25) is 5.91 Å². The summed E-state index contributed by atoms with van der Waals surface area (Å²) in [4.78, 5) is 11.0. The summed E-state index contributed by atoms with van der Waals surface area (Å²) in [6.07, 6.45) is 3.37. The van der Waals surface area contributed by atoms with Crippen LogP contribution in [-0.2, 0) is 4.79 Å². The van der Waals surface area contributed by atoms with E-state index in [0.29, 0.717) is 0 Å². The third-order valence-electron chi connectivity index (χ3n) is 2.68. The van der Waals surface area contributed by atoms with Gasteiger partial charge >= 0.3 is 0 Å². The Morgan fingerprint density at radius 3 is 2.41 bits per heavy atom. The summed E-state index contributed by atoms with van der Waals surface area (Å²) >= 11 is 0. The lowest BCUT2D eigenvalue weighted by Crippen LogP contribution is -2.23. The van der Waals surface area contributed by atoms with Crippen molar-refractivity contribution in [2.24, 2.45) is 0 Å². The summed E-state index contributed by atoms with van der Waals surface area (Å²) in [5.74, 6) is -0.0172. The number of hydrogen-bond acceptors (Lipinski definition) is 2. The molecule has 1 N–H and O–H groups in total. The molecular weight excluding hydrogens is 214 g/mol. The molecule has 3 heteroatoms. The Bertz CT molecular complexity index is 485. The van der Waals surface area contributed by atoms with Gasteiger partial charge < -0.3 is 9.73 Å². The van der Waals surface area contributed by atoms with E-state index in [2.05, 4.69) is 5.32 Å². The maximum absolute atomic E-state index is 11.0. The fraction of sp³-hybridized carbons (Fsp3) is 0.214. The number of furan rings is 1. The Kier molecular flexibility index (Phi) is 3.28. The van der Waals surface area contributed by atoms with Crippen LogP contribution in [0.25, 0.3) is 11.1 Å². The predicted octanol–water partition coefficient (Wildman–Crippen LogP) is 3.14. The van der Waals surface area contributed by atoms with Gasteiger partial charge in [0.15, 0.2) is 0 Å². The Balaban J connectivity index is 2.15. The van der Waals surface area contributed by atoms with E-state index in [1.54, 1.807) is 12.5 Å². The molecule has 0 aliphatic carbocycles. The summed E-state index contributed by atoms with van der Waals surface area (Å²) in [5, 5.41) is 2.86. The Labute approximate surface area is 100 Å². The molecule has 0 aliphatic heterocycles. The molecule has 1 atom stereocenters. The van der Waals surface area contributed by atoms with E-state index in [1.807, 2.05) is 37.3 Å². The van der Waals surface area contributed by atoms with E-state index in [-0.39, 0.29) is 11.9 Å². The summed E-state index contributed by atoms with van der Waals surface area (Å²) in [6, 6.07) is 10.0. The second kappa shape index (κ2) is 4.87. The van der Waals surface area contributed by atoms with Crippen molar-refractivity contribution >= 4 is 5.91 Å². The van der Waals surface area contributed by atoms with Crippen molar-refractivity contribution in [3.8, 4) is 11.1 Å². The molecule has 2 rings (SSSR count). The standard InChI is InChI=1S/C14H15NO2/c1-10(15-11(2)16)12-3-5-13(6-4-12)14-7-8-17-9-14/h3-10H,1-2H3,(H,15,16)/t10-/m1/s1. The lowest BCUT2D eigenvalue weighted by atomic mass is 10.0. The Hall–Kier alpha value is -2.03. The first-order valence-corrected chi connectivity index (χ1v) is 5.56. The van der Waals surface area contributed by atoms with Crippen LogP contribution in [0.4, 0.5) is 0 Å². The number of carbonyl (C=O) groups is 1. The van der Waals surface area contributed by atoms with E-state index in [4.69, 9.17) is 4.42 Å². The van der Waals surface area contributed by atoms with Crippen LogP contribution >= 0.6 is 0 Å². The highest BCUT2D eigenvalue weighted by Gasteiger charge is 2.06. The van der Waals surface area contributed by atoms with Crippen LogP contribution in [0.2, 0.25) is 0 Å². The number of benzene rings is 1. The number of nitrogens with one attached hydrogen (secondary N) is 1. The first-order chi connectivity index (χ1) is 8.16. The van der Waals surface area contributed by atoms with Crippen LogP contribution in [-0.4, -0.2) is 5.91 Å². The zero-order valence-electron chi connectivity index (χ0n) is 9.94. The van der Waals surface area contributed by atoms with E-state index in [9.17, 15) is 4.79 Å². The number of hydrogen-bond donors (Lipinski definition) is 1. The molecule has 0 bridgehead atoms. The van der Waals surface area contributed by atoms with Crippen molar-refractivity contribution in [3.63, 3.8) is 0 Å². The molecule has 1 amide bonds. The highest BCUT2D eigenvalue weighted by atomic mass is 16.3. The highest BCUT2D eigenvalue weighted by Crippen LogP contribution is 2.22. The summed E-state index contributed by atoms with van der Waals surface area (Å²) < 4.78 is 5.04. The molecule has 3 nitrogen and oxygen atoms in total. The van der Waals surface area contributed by atoms with Crippen LogP contribution in [0.15, 0.2) is 47.3 Å². The largest absolute Gasteiger partial charge is 0.472 e. The van der Waals surface area contributed by atoms with Gasteiger partial charge in [-0.15, -0.1) is 0 Å². The van der Waals surface area contributed by atoms with Gasteiger partial charge in [-0.1, -0.05) is 24.3 Å². The molecule has 1 aromatic carbocycles. The Morgan fingerprint density at radius 1 is 1.18 bits per heavy atom. The number of rotatable bonds is 3. The third-order valence-corrected chi connectivity index (χ3v) is 2.68. The average Bonchev–Trinajstić information content (AvgIpc) is 2.82. The molecule has 1 heterocycles. The van der Waals surface area contributed by atoms with E-state index in [0.717, 1.165) is 16.7 Å². The van der Waals surface area contributed by atoms with Crippen molar-refractivity contribution in [1.82, 2.24) is 5.32 Å². The second-order valence-corrected chi connectivity index (χ2v) is 4.06. The minimum atomic E-state index is -0.0172. The first-order valence-electron chi connectivity index (χ1n) is 5.56. The molecule has 17 heavy (non-hydrogen) atoms. The number of carbonyl (C=O) groups excluding carboxylic acids is 1.